The highest BCUT2D eigenvalue weighted by molar-refractivity contribution is 7.89. The molecule has 0 spiro atoms. The minimum Gasteiger partial charge on any atom is -0.478 e. The van der Waals surface area contributed by atoms with Gasteiger partial charge in [0.2, 0.25) is 10.0 Å². The molecule has 0 saturated heterocycles. The van der Waals surface area contributed by atoms with Crippen molar-refractivity contribution in [2.75, 3.05) is 18.4 Å². The fourth-order valence-corrected chi connectivity index (χ4v) is 4.40. The Kier molecular flexibility index (Phi) is 7.15. The number of amides is 1. The zero-order valence-electron chi connectivity index (χ0n) is 16.4. The summed E-state index contributed by atoms with van der Waals surface area (Å²) in [7, 11) is -3.66. The van der Waals surface area contributed by atoms with Gasteiger partial charge in [-0.2, -0.15) is 4.31 Å². The number of sulfonamides is 1. The third kappa shape index (κ3) is 4.88. The van der Waals surface area contributed by atoms with Crippen molar-refractivity contribution < 1.29 is 22.3 Å². The molecule has 0 heterocycles. The van der Waals surface area contributed by atoms with Gasteiger partial charge in [0.15, 0.2) is 17.7 Å². The smallest absolute Gasteiger partial charge is 0.265 e. The molecule has 0 bridgehead atoms. The molecule has 0 unspecified atom stereocenters. The standard InChI is InChI=1S/C20H25FN2O4S/c1-5-23(6-2)28(25,26)19-13-16(12-11-14(19)3)22-20(24)15(4)27-18-10-8-7-9-17(18)21/h7-13,15H,5-6H2,1-4H3,(H,22,24)/t15-/m1/s1. The van der Waals surface area contributed by atoms with Crippen LogP contribution >= 0.6 is 0 Å². The highest BCUT2D eigenvalue weighted by Crippen LogP contribution is 2.24. The first kappa shape index (κ1) is 21.8. The van der Waals surface area contributed by atoms with Gasteiger partial charge in [-0.15, -0.1) is 0 Å². The molecule has 2 rings (SSSR count). The number of hydrogen-bond donors (Lipinski definition) is 1. The molecular weight excluding hydrogens is 383 g/mol. The van der Waals surface area contributed by atoms with Crippen molar-refractivity contribution in [1.82, 2.24) is 4.31 Å². The lowest BCUT2D eigenvalue weighted by Gasteiger charge is -2.21. The van der Waals surface area contributed by atoms with Gasteiger partial charge in [0.25, 0.3) is 5.91 Å². The third-order valence-electron chi connectivity index (χ3n) is 4.29. The van der Waals surface area contributed by atoms with Crippen LogP contribution in [0.4, 0.5) is 10.1 Å². The molecule has 1 atom stereocenters. The van der Waals surface area contributed by atoms with Crippen molar-refractivity contribution >= 4 is 21.6 Å². The largest absolute Gasteiger partial charge is 0.478 e. The Labute approximate surface area is 165 Å². The Morgan fingerprint density at radius 2 is 1.82 bits per heavy atom. The van der Waals surface area contributed by atoms with Crippen LogP contribution in [0.5, 0.6) is 5.75 Å². The number of hydrogen-bond acceptors (Lipinski definition) is 4. The first-order valence-electron chi connectivity index (χ1n) is 9.03. The Morgan fingerprint density at radius 3 is 2.43 bits per heavy atom. The van der Waals surface area contributed by atoms with E-state index in [0.29, 0.717) is 24.3 Å². The van der Waals surface area contributed by atoms with E-state index in [-0.39, 0.29) is 10.6 Å². The highest BCUT2D eigenvalue weighted by Gasteiger charge is 2.24. The van der Waals surface area contributed by atoms with Gasteiger partial charge in [0, 0.05) is 18.8 Å². The van der Waals surface area contributed by atoms with E-state index in [1.165, 1.54) is 35.5 Å². The molecule has 28 heavy (non-hydrogen) atoms. The van der Waals surface area contributed by atoms with Crippen molar-refractivity contribution in [2.45, 2.75) is 38.7 Å². The lowest BCUT2D eigenvalue weighted by molar-refractivity contribution is -0.122. The van der Waals surface area contributed by atoms with Crippen molar-refractivity contribution in [3.8, 4) is 5.75 Å². The van der Waals surface area contributed by atoms with Gasteiger partial charge in [-0.25, -0.2) is 12.8 Å². The van der Waals surface area contributed by atoms with Crippen LogP contribution in [0.1, 0.15) is 26.3 Å². The zero-order valence-corrected chi connectivity index (χ0v) is 17.2. The minimum absolute atomic E-state index is 0.0288. The molecule has 0 saturated carbocycles. The summed E-state index contributed by atoms with van der Waals surface area (Å²) < 4.78 is 46.0. The van der Waals surface area contributed by atoms with E-state index in [1.807, 2.05) is 0 Å². The number of aryl methyl sites for hydroxylation is 1. The predicted molar refractivity (Wildman–Crippen MR) is 106 cm³/mol. The van der Waals surface area contributed by atoms with Gasteiger partial charge in [0.05, 0.1) is 4.90 Å². The Morgan fingerprint density at radius 1 is 1.18 bits per heavy atom. The first-order valence-corrected chi connectivity index (χ1v) is 10.5. The van der Waals surface area contributed by atoms with E-state index in [1.54, 1.807) is 39.0 Å². The van der Waals surface area contributed by atoms with Crippen molar-refractivity contribution in [1.29, 1.82) is 0 Å². The number of carbonyl (C=O) groups is 1. The van der Waals surface area contributed by atoms with Crippen molar-refractivity contribution in [2.24, 2.45) is 0 Å². The van der Waals surface area contributed by atoms with Crippen molar-refractivity contribution in [3.63, 3.8) is 0 Å². The number of ether oxygens (including phenoxy) is 1. The minimum atomic E-state index is -3.66. The second kappa shape index (κ2) is 9.16. The van der Waals surface area contributed by atoms with Gasteiger partial charge in [0.1, 0.15) is 0 Å². The van der Waals surface area contributed by atoms with E-state index >= 15 is 0 Å². The molecule has 0 aromatic heterocycles. The Balaban J connectivity index is 2.20. The average molecular weight is 408 g/mol. The van der Waals surface area contributed by atoms with Crippen LogP contribution in [0.2, 0.25) is 0 Å². The van der Waals surface area contributed by atoms with E-state index in [4.69, 9.17) is 4.74 Å². The number of nitrogens with one attached hydrogen (secondary N) is 1. The molecule has 6 nitrogen and oxygen atoms in total. The van der Waals surface area contributed by atoms with Gasteiger partial charge in [-0.05, 0) is 43.7 Å². The summed E-state index contributed by atoms with van der Waals surface area (Å²) in [5.74, 6) is -1.11. The molecule has 0 radical (unpaired) electrons. The van der Waals surface area contributed by atoms with Crippen LogP contribution < -0.4 is 10.1 Å². The predicted octanol–water partition coefficient (Wildman–Crippen LogP) is 3.57. The second-order valence-corrected chi connectivity index (χ2v) is 8.16. The lowest BCUT2D eigenvalue weighted by atomic mass is 10.2. The summed E-state index contributed by atoms with van der Waals surface area (Å²) in [6.07, 6.45) is -0.971. The second-order valence-electron chi connectivity index (χ2n) is 6.25. The summed E-state index contributed by atoms with van der Waals surface area (Å²) in [5, 5.41) is 2.63. The van der Waals surface area contributed by atoms with Crippen LogP contribution in [-0.4, -0.2) is 37.8 Å². The summed E-state index contributed by atoms with van der Waals surface area (Å²) in [6.45, 7) is 7.42. The molecule has 152 valence electrons. The molecule has 1 amide bonds. The number of benzene rings is 2. The fraction of sp³-hybridized carbons (Fsp3) is 0.350. The van der Waals surface area contributed by atoms with E-state index in [9.17, 15) is 17.6 Å². The maximum absolute atomic E-state index is 13.7. The van der Waals surface area contributed by atoms with Crippen LogP contribution in [0.3, 0.4) is 0 Å². The van der Waals surface area contributed by atoms with Gasteiger partial charge in [-0.3, -0.25) is 4.79 Å². The number of para-hydroxylation sites is 1. The molecule has 0 fully saturated rings. The molecule has 1 N–H and O–H groups in total. The highest BCUT2D eigenvalue weighted by atomic mass is 32.2. The SMILES string of the molecule is CCN(CC)S(=O)(=O)c1cc(NC(=O)[C@@H](C)Oc2ccccc2F)ccc1C. The summed E-state index contributed by atoms with van der Waals surface area (Å²) in [6, 6.07) is 10.5. The molecule has 0 aliphatic heterocycles. The molecule has 0 aliphatic carbocycles. The maximum atomic E-state index is 13.7. The van der Waals surface area contributed by atoms with E-state index in [0.717, 1.165) is 0 Å². The van der Waals surface area contributed by atoms with Gasteiger partial charge >= 0.3 is 0 Å². The lowest BCUT2D eigenvalue weighted by Crippen LogP contribution is -2.32. The number of halogens is 1. The van der Waals surface area contributed by atoms with Crippen molar-refractivity contribution in [3.05, 3.63) is 53.8 Å². The van der Waals surface area contributed by atoms with Gasteiger partial charge in [-0.1, -0.05) is 32.0 Å². The monoisotopic (exact) mass is 408 g/mol. The molecule has 8 heteroatoms. The van der Waals surface area contributed by atoms with E-state index < -0.39 is 27.9 Å². The van der Waals surface area contributed by atoms with E-state index in [2.05, 4.69) is 5.32 Å². The average Bonchev–Trinajstić information content (AvgIpc) is 2.65. The zero-order chi connectivity index (χ0) is 20.9. The topological polar surface area (TPSA) is 75.7 Å². The van der Waals surface area contributed by atoms with Crippen LogP contribution in [0.15, 0.2) is 47.4 Å². The Hall–Kier alpha value is -2.45. The number of nitrogens with zero attached hydrogens (tertiary/aromatic N) is 1. The Bertz CT molecular complexity index is 943. The number of anilines is 1. The fourth-order valence-electron chi connectivity index (χ4n) is 2.69. The molecular formula is C20H25FN2O4S. The normalized spacial score (nSPS) is 12.6. The number of carbonyl (C=O) groups excluding carboxylic acids is 1. The number of rotatable bonds is 8. The summed E-state index contributed by atoms with van der Waals surface area (Å²) in [4.78, 5) is 12.5. The first-order chi connectivity index (χ1) is 13.2. The molecule has 2 aromatic carbocycles. The van der Waals surface area contributed by atoms with Crippen LogP contribution in [0.25, 0.3) is 0 Å². The summed E-state index contributed by atoms with van der Waals surface area (Å²) in [5.41, 5.74) is 0.908. The third-order valence-corrected chi connectivity index (χ3v) is 6.48. The van der Waals surface area contributed by atoms with Crippen LogP contribution in [-0.2, 0) is 14.8 Å². The van der Waals surface area contributed by atoms with Crippen LogP contribution in [0, 0.1) is 12.7 Å². The molecule has 2 aromatic rings. The molecule has 0 aliphatic rings. The van der Waals surface area contributed by atoms with Gasteiger partial charge < -0.3 is 10.1 Å². The quantitative estimate of drug-likeness (QED) is 0.725. The summed E-state index contributed by atoms with van der Waals surface area (Å²) >= 11 is 0. The maximum Gasteiger partial charge on any atom is 0.265 e.